The molecule has 0 aliphatic carbocycles. The number of nitrogens with zero attached hydrogens (tertiary/aromatic N) is 4. The minimum Gasteiger partial charge on any atom is -0.274 e. The standard InChI is InChI=1S/C19H16F2N4/c1-10-15-11(20)8-9-12(21)16(15)17(23-19(10,2)3)18-22-13-6-4-5-7-14(13)24-25-18/h4-10H,1-3H3. The summed E-state index contributed by atoms with van der Waals surface area (Å²) in [4.78, 5) is 9.13. The highest BCUT2D eigenvalue weighted by atomic mass is 19.1. The molecule has 0 bridgehead atoms. The predicted molar refractivity (Wildman–Crippen MR) is 91.8 cm³/mol. The van der Waals surface area contributed by atoms with Gasteiger partial charge in [0.1, 0.15) is 22.9 Å². The zero-order valence-electron chi connectivity index (χ0n) is 14.1. The van der Waals surface area contributed by atoms with Crippen molar-refractivity contribution in [1.82, 2.24) is 15.2 Å². The second kappa shape index (κ2) is 5.37. The summed E-state index contributed by atoms with van der Waals surface area (Å²) in [6, 6.07) is 9.54. The third-order valence-electron chi connectivity index (χ3n) is 4.84. The summed E-state index contributed by atoms with van der Waals surface area (Å²) in [5.41, 5.74) is 1.33. The number of rotatable bonds is 1. The molecular formula is C19H16F2N4. The largest absolute Gasteiger partial charge is 0.274 e. The third kappa shape index (κ3) is 2.40. The van der Waals surface area contributed by atoms with Gasteiger partial charge in [0.05, 0.1) is 11.1 Å². The van der Waals surface area contributed by atoms with Crippen molar-refractivity contribution in [2.75, 3.05) is 0 Å². The number of hydrogen-bond acceptors (Lipinski definition) is 4. The highest BCUT2D eigenvalue weighted by Crippen LogP contribution is 2.40. The molecule has 0 fully saturated rings. The van der Waals surface area contributed by atoms with Crippen LogP contribution in [-0.2, 0) is 0 Å². The Balaban J connectivity index is 2.01. The van der Waals surface area contributed by atoms with Crippen LogP contribution in [0.15, 0.2) is 41.4 Å². The van der Waals surface area contributed by atoms with Crippen molar-refractivity contribution < 1.29 is 8.78 Å². The quantitative estimate of drug-likeness (QED) is 0.673. The zero-order chi connectivity index (χ0) is 17.8. The molecule has 2 aromatic carbocycles. The monoisotopic (exact) mass is 338 g/mol. The Kier molecular flexibility index (Phi) is 3.39. The van der Waals surface area contributed by atoms with Crippen LogP contribution in [0, 0.1) is 11.6 Å². The first kappa shape index (κ1) is 15.7. The molecule has 0 radical (unpaired) electrons. The van der Waals surface area contributed by atoms with E-state index in [1.807, 2.05) is 32.9 Å². The van der Waals surface area contributed by atoms with Crippen molar-refractivity contribution >= 4 is 16.7 Å². The summed E-state index contributed by atoms with van der Waals surface area (Å²) in [6.07, 6.45) is 0. The Hall–Kier alpha value is -2.76. The van der Waals surface area contributed by atoms with Gasteiger partial charge in [0.2, 0.25) is 5.82 Å². The molecule has 0 amide bonds. The fourth-order valence-electron chi connectivity index (χ4n) is 3.17. The maximum atomic E-state index is 14.6. The van der Waals surface area contributed by atoms with Crippen molar-refractivity contribution in [2.24, 2.45) is 4.99 Å². The lowest BCUT2D eigenvalue weighted by atomic mass is 9.77. The lowest BCUT2D eigenvalue weighted by Crippen LogP contribution is -2.35. The molecule has 1 aliphatic heterocycles. The SMILES string of the molecule is CC1c2c(F)ccc(F)c2C(c2nnc3ccccc3n2)=NC1(C)C. The van der Waals surface area contributed by atoms with E-state index in [1.165, 1.54) is 0 Å². The summed E-state index contributed by atoms with van der Waals surface area (Å²) < 4.78 is 29.1. The van der Waals surface area contributed by atoms with Crippen molar-refractivity contribution in [1.29, 1.82) is 0 Å². The van der Waals surface area contributed by atoms with Crippen LogP contribution in [0.25, 0.3) is 11.0 Å². The Morgan fingerprint density at radius 2 is 1.60 bits per heavy atom. The molecule has 0 N–H and O–H groups in total. The van der Waals surface area contributed by atoms with E-state index in [9.17, 15) is 8.78 Å². The molecule has 25 heavy (non-hydrogen) atoms. The van der Waals surface area contributed by atoms with Crippen molar-refractivity contribution in [3.05, 3.63) is 65.0 Å². The molecule has 1 atom stereocenters. The molecule has 6 heteroatoms. The zero-order valence-corrected chi connectivity index (χ0v) is 14.1. The second-order valence-corrected chi connectivity index (χ2v) is 6.78. The van der Waals surface area contributed by atoms with Crippen LogP contribution in [0.2, 0.25) is 0 Å². The maximum absolute atomic E-state index is 14.6. The van der Waals surface area contributed by atoms with E-state index >= 15 is 0 Å². The lowest BCUT2D eigenvalue weighted by molar-refractivity contribution is 0.413. The van der Waals surface area contributed by atoms with Crippen LogP contribution in [0.1, 0.15) is 43.6 Å². The number of para-hydroxylation sites is 1. The van der Waals surface area contributed by atoms with E-state index in [2.05, 4.69) is 20.2 Å². The summed E-state index contributed by atoms with van der Waals surface area (Å²) >= 11 is 0. The van der Waals surface area contributed by atoms with Crippen molar-refractivity contribution in [3.8, 4) is 0 Å². The van der Waals surface area contributed by atoms with E-state index in [4.69, 9.17) is 0 Å². The number of aliphatic imine (C=N–C) groups is 1. The summed E-state index contributed by atoms with van der Waals surface area (Å²) in [5.74, 6) is -1.06. The number of hydrogen-bond donors (Lipinski definition) is 0. The van der Waals surface area contributed by atoms with Crippen LogP contribution < -0.4 is 0 Å². The Morgan fingerprint density at radius 3 is 2.36 bits per heavy atom. The predicted octanol–water partition coefficient (Wildman–Crippen LogP) is 4.04. The fourth-order valence-corrected chi connectivity index (χ4v) is 3.17. The van der Waals surface area contributed by atoms with Gasteiger partial charge in [-0.15, -0.1) is 10.2 Å². The molecule has 1 aromatic heterocycles. The molecule has 0 saturated carbocycles. The van der Waals surface area contributed by atoms with Crippen LogP contribution in [-0.4, -0.2) is 26.4 Å². The number of aromatic nitrogens is 3. The average Bonchev–Trinajstić information content (AvgIpc) is 2.60. The second-order valence-electron chi connectivity index (χ2n) is 6.78. The summed E-state index contributed by atoms with van der Waals surface area (Å²) in [5, 5.41) is 8.25. The van der Waals surface area contributed by atoms with Crippen LogP contribution in [0.5, 0.6) is 0 Å². The topological polar surface area (TPSA) is 51.0 Å². The highest BCUT2D eigenvalue weighted by molar-refractivity contribution is 6.13. The van der Waals surface area contributed by atoms with Gasteiger partial charge < -0.3 is 0 Å². The van der Waals surface area contributed by atoms with Crippen LogP contribution in [0.3, 0.4) is 0 Å². The molecule has 4 rings (SSSR count). The van der Waals surface area contributed by atoms with Gasteiger partial charge in [-0.25, -0.2) is 13.8 Å². The van der Waals surface area contributed by atoms with E-state index in [0.717, 1.165) is 12.1 Å². The number of benzene rings is 2. The average molecular weight is 338 g/mol. The molecule has 1 unspecified atom stereocenters. The van der Waals surface area contributed by atoms with Crippen molar-refractivity contribution in [3.63, 3.8) is 0 Å². The molecule has 3 aromatic rings. The smallest absolute Gasteiger partial charge is 0.201 e. The molecule has 0 spiro atoms. The van der Waals surface area contributed by atoms with Gasteiger partial charge in [-0.2, -0.15) is 0 Å². The minimum atomic E-state index is -0.619. The first-order chi connectivity index (χ1) is 11.9. The fraction of sp³-hybridized carbons (Fsp3) is 0.263. The molecular weight excluding hydrogens is 322 g/mol. The van der Waals surface area contributed by atoms with Gasteiger partial charge >= 0.3 is 0 Å². The van der Waals surface area contributed by atoms with E-state index < -0.39 is 17.2 Å². The molecule has 126 valence electrons. The third-order valence-corrected chi connectivity index (χ3v) is 4.84. The van der Waals surface area contributed by atoms with Crippen LogP contribution in [0.4, 0.5) is 8.78 Å². The number of fused-ring (bicyclic) bond motifs is 2. The first-order valence-corrected chi connectivity index (χ1v) is 8.06. The molecule has 4 nitrogen and oxygen atoms in total. The maximum Gasteiger partial charge on any atom is 0.201 e. The first-order valence-electron chi connectivity index (χ1n) is 8.06. The van der Waals surface area contributed by atoms with Crippen LogP contribution >= 0.6 is 0 Å². The van der Waals surface area contributed by atoms with Gasteiger partial charge in [0.15, 0.2) is 0 Å². The van der Waals surface area contributed by atoms with Gasteiger partial charge in [0.25, 0.3) is 0 Å². The van der Waals surface area contributed by atoms with Gasteiger partial charge in [-0.3, -0.25) is 4.99 Å². The molecule has 2 heterocycles. The highest BCUT2D eigenvalue weighted by Gasteiger charge is 2.38. The van der Waals surface area contributed by atoms with Gasteiger partial charge in [-0.1, -0.05) is 19.1 Å². The Morgan fingerprint density at radius 1 is 0.920 bits per heavy atom. The summed E-state index contributed by atoms with van der Waals surface area (Å²) in [6.45, 7) is 5.62. The normalized spacial score (nSPS) is 18.8. The summed E-state index contributed by atoms with van der Waals surface area (Å²) in [7, 11) is 0. The molecule has 1 aliphatic rings. The van der Waals surface area contributed by atoms with Gasteiger partial charge in [-0.05, 0) is 38.1 Å². The van der Waals surface area contributed by atoms with E-state index in [0.29, 0.717) is 16.6 Å². The van der Waals surface area contributed by atoms with Gasteiger partial charge in [0, 0.05) is 17.0 Å². The Bertz CT molecular complexity index is 1030. The Labute approximate surface area is 143 Å². The molecule has 0 saturated heterocycles. The lowest BCUT2D eigenvalue weighted by Gasteiger charge is -2.35. The van der Waals surface area contributed by atoms with E-state index in [1.54, 1.807) is 12.1 Å². The van der Waals surface area contributed by atoms with Crippen molar-refractivity contribution in [2.45, 2.75) is 32.2 Å². The minimum absolute atomic E-state index is 0.129. The number of halogens is 2. The van der Waals surface area contributed by atoms with E-state index in [-0.39, 0.29) is 23.0 Å².